The van der Waals surface area contributed by atoms with Crippen molar-refractivity contribution in [3.63, 3.8) is 0 Å². The van der Waals surface area contributed by atoms with E-state index in [0.29, 0.717) is 27.5 Å². The molecular formula is C18H16N2O4S. The fourth-order valence-corrected chi connectivity index (χ4v) is 3.21. The number of para-hydroxylation sites is 1. The fraction of sp³-hybridized carbons (Fsp3) is 0.167. The van der Waals surface area contributed by atoms with E-state index in [1.807, 2.05) is 6.07 Å². The molecule has 0 aliphatic carbocycles. The first-order chi connectivity index (χ1) is 12.1. The zero-order valence-corrected chi connectivity index (χ0v) is 14.6. The quantitative estimate of drug-likeness (QED) is 0.398. The summed E-state index contributed by atoms with van der Waals surface area (Å²) in [7, 11) is 2.89. The van der Waals surface area contributed by atoms with Crippen molar-refractivity contribution in [3.05, 3.63) is 58.9 Å². The normalized spacial score (nSPS) is 10.6. The number of ether oxygens (including phenoxy) is 2. The van der Waals surface area contributed by atoms with Crippen LogP contribution in [0, 0.1) is 0 Å². The zero-order valence-electron chi connectivity index (χ0n) is 13.8. The first kappa shape index (κ1) is 17.0. The minimum absolute atomic E-state index is 0.0608. The molecule has 0 N–H and O–H groups in total. The molecule has 128 valence electrons. The second-order valence-electron chi connectivity index (χ2n) is 5.12. The van der Waals surface area contributed by atoms with Gasteiger partial charge in [0, 0.05) is 6.07 Å². The third kappa shape index (κ3) is 3.51. The first-order valence-corrected chi connectivity index (χ1v) is 8.48. The van der Waals surface area contributed by atoms with Gasteiger partial charge in [-0.15, -0.1) is 0 Å². The van der Waals surface area contributed by atoms with E-state index in [-0.39, 0.29) is 17.3 Å². The Hall–Kier alpha value is -2.80. The zero-order chi connectivity index (χ0) is 17.8. The van der Waals surface area contributed by atoms with E-state index in [1.165, 1.54) is 11.7 Å². The van der Waals surface area contributed by atoms with Gasteiger partial charge in [0.05, 0.1) is 36.6 Å². The van der Waals surface area contributed by atoms with Gasteiger partial charge >= 0.3 is 5.97 Å². The van der Waals surface area contributed by atoms with Crippen molar-refractivity contribution in [3.8, 4) is 11.4 Å². The van der Waals surface area contributed by atoms with E-state index >= 15 is 0 Å². The molecule has 6 nitrogen and oxygen atoms in total. The van der Waals surface area contributed by atoms with Crippen LogP contribution in [0.5, 0.6) is 5.75 Å². The Balaban J connectivity index is 2.20. The maximum atomic E-state index is 13.0. The lowest BCUT2D eigenvalue weighted by Crippen LogP contribution is -2.22. The number of benzene rings is 2. The summed E-state index contributed by atoms with van der Waals surface area (Å²) in [6, 6.07) is 14.3. The molecule has 0 saturated heterocycles. The number of rotatable bonds is 5. The number of carbonyl (C=O) groups is 1. The minimum atomic E-state index is -0.385. The summed E-state index contributed by atoms with van der Waals surface area (Å²) in [5, 5.41) is 0.926. The topological polar surface area (TPSA) is 70.4 Å². The average molecular weight is 356 g/mol. The van der Waals surface area contributed by atoms with Crippen LogP contribution in [0.4, 0.5) is 0 Å². The molecule has 0 spiro atoms. The molecule has 0 unspecified atom stereocenters. The Bertz CT molecular complexity index is 984. The van der Waals surface area contributed by atoms with Crippen molar-refractivity contribution < 1.29 is 14.3 Å². The van der Waals surface area contributed by atoms with E-state index in [2.05, 4.69) is 9.72 Å². The molecule has 0 aliphatic heterocycles. The lowest BCUT2D eigenvalue weighted by atomic mass is 10.2. The van der Waals surface area contributed by atoms with Gasteiger partial charge in [0.25, 0.3) is 5.56 Å². The van der Waals surface area contributed by atoms with Crippen molar-refractivity contribution in [2.45, 2.75) is 5.16 Å². The van der Waals surface area contributed by atoms with Crippen molar-refractivity contribution in [2.24, 2.45) is 0 Å². The molecule has 0 saturated carbocycles. The van der Waals surface area contributed by atoms with Gasteiger partial charge in [-0.05, 0) is 24.3 Å². The highest BCUT2D eigenvalue weighted by atomic mass is 32.2. The minimum Gasteiger partial charge on any atom is -0.497 e. The van der Waals surface area contributed by atoms with Crippen LogP contribution in [0.3, 0.4) is 0 Å². The smallest absolute Gasteiger partial charge is 0.316 e. The first-order valence-electron chi connectivity index (χ1n) is 7.50. The van der Waals surface area contributed by atoms with Gasteiger partial charge in [-0.1, -0.05) is 30.0 Å². The number of thioether (sulfide) groups is 1. The molecule has 0 bridgehead atoms. The Labute approximate surface area is 148 Å². The van der Waals surface area contributed by atoms with Crippen LogP contribution in [0.2, 0.25) is 0 Å². The van der Waals surface area contributed by atoms with Gasteiger partial charge in [-0.2, -0.15) is 0 Å². The lowest BCUT2D eigenvalue weighted by molar-refractivity contribution is -0.137. The molecule has 1 aromatic heterocycles. The highest BCUT2D eigenvalue weighted by Gasteiger charge is 2.15. The van der Waals surface area contributed by atoms with Gasteiger partial charge in [0.15, 0.2) is 5.16 Å². The second kappa shape index (κ2) is 7.40. The SMILES string of the molecule is COC(=O)CSc1nc2ccccc2c(=O)n1-c1cccc(OC)c1. The van der Waals surface area contributed by atoms with Gasteiger partial charge in [0.1, 0.15) is 5.75 Å². The summed E-state index contributed by atoms with van der Waals surface area (Å²) in [5.74, 6) is 0.303. The summed E-state index contributed by atoms with van der Waals surface area (Å²) in [6.45, 7) is 0. The third-order valence-corrected chi connectivity index (χ3v) is 4.52. The Morgan fingerprint density at radius 3 is 2.72 bits per heavy atom. The molecule has 3 rings (SSSR count). The van der Waals surface area contributed by atoms with Crippen LogP contribution in [-0.4, -0.2) is 35.5 Å². The molecule has 25 heavy (non-hydrogen) atoms. The molecular weight excluding hydrogens is 340 g/mol. The standard InChI is InChI=1S/C18H16N2O4S/c1-23-13-7-5-6-12(10-13)20-17(22)14-8-3-4-9-15(14)19-18(20)25-11-16(21)24-2/h3-10H,11H2,1-2H3. The maximum Gasteiger partial charge on any atom is 0.316 e. The summed E-state index contributed by atoms with van der Waals surface area (Å²) >= 11 is 1.15. The van der Waals surface area contributed by atoms with E-state index in [4.69, 9.17) is 4.74 Å². The molecule has 0 fully saturated rings. The molecule has 7 heteroatoms. The lowest BCUT2D eigenvalue weighted by Gasteiger charge is -2.13. The third-order valence-electron chi connectivity index (χ3n) is 3.60. The highest BCUT2D eigenvalue weighted by molar-refractivity contribution is 7.99. The fourth-order valence-electron chi connectivity index (χ4n) is 2.37. The number of fused-ring (bicyclic) bond motifs is 1. The monoisotopic (exact) mass is 356 g/mol. The summed E-state index contributed by atoms with van der Waals surface area (Å²) < 4.78 is 11.4. The molecule has 1 heterocycles. The van der Waals surface area contributed by atoms with Crippen LogP contribution in [0.25, 0.3) is 16.6 Å². The summed E-state index contributed by atoms with van der Waals surface area (Å²) in [5.41, 5.74) is 1.00. The van der Waals surface area contributed by atoms with E-state index in [0.717, 1.165) is 11.8 Å². The number of hydrogen-bond donors (Lipinski definition) is 0. The maximum absolute atomic E-state index is 13.0. The molecule has 0 amide bonds. The molecule has 0 atom stereocenters. The van der Waals surface area contributed by atoms with Crippen LogP contribution < -0.4 is 10.3 Å². The number of methoxy groups -OCH3 is 2. The van der Waals surface area contributed by atoms with Gasteiger partial charge in [-0.25, -0.2) is 4.98 Å². The number of aromatic nitrogens is 2. The molecule has 0 radical (unpaired) electrons. The van der Waals surface area contributed by atoms with Gasteiger partial charge < -0.3 is 9.47 Å². The van der Waals surface area contributed by atoms with Crippen LogP contribution in [0.15, 0.2) is 58.5 Å². The summed E-state index contributed by atoms with van der Waals surface area (Å²) in [6.07, 6.45) is 0. The highest BCUT2D eigenvalue weighted by Crippen LogP contribution is 2.23. The Morgan fingerprint density at radius 1 is 1.16 bits per heavy atom. The van der Waals surface area contributed by atoms with Crippen LogP contribution >= 0.6 is 11.8 Å². The second-order valence-corrected chi connectivity index (χ2v) is 6.06. The van der Waals surface area contributed by atoms with Crippen LogP contribution in [0.1, 0.15) is 0 Å². The predicted octanol–water partition coefficient (Wildman–Crippen LogP) is 2.66. The number of nitrogens with zero attached hydrogens (tertiary/aromatic N) is 2. The Morgan fingerprint density at radius 2 is 1.96 bits per heavy atom. The number of hydrogen-bond acceptors (Lipinski definition) is 6. The number of esters is 1. The molecule has 2 aromatic carbocycles. The van der Waals surface area contributed by atoms with Crippen molar-refractivity contribution in [1.29, 1.82) is 0 Å². The molecule has 3 aromatic rings. The van der Waals surface area contributed by atoms with E-state index in [9.17, 15) is 9.59 Å². The Kier molecular flexibility index (Phi) is 5.04. The largest absolute Gasteiger partial charge is 0.497 e. The average Bonchev–Trinajstić information content (AvgIpc) is 2.66. The summed E-state index contributed by atoms with van der Waals surface area (Å²) in [4.78, 5) is 29.1. The van der Waals surface area contributed by atoms with Crippen molar-refractivity contribution in [1.82, 2.24) is 9.55 Å². The van der Waals surface area contributed by atoms with Crippen LogP contribution in [-0.2, 0) is 9.53 Å². The van der Waals surface area contributed by atoms with E-state index in [1.54, 1.807) is 49.6 Å². The van der Waals surface area contributed by atoms with Gasteiger partial charge in [0.2, 0.25) is 0 Å². The molecule has 0 aliphatic rings. The predicted molar refractivity (Wildman–Crippen MR) is 96.6 cm³/mol. The van der Waals surface area contributed by atoms with Gasteiger partial charge in [-0.3, -0.25) is 14.2 Å². The van der Waals surface area contributed by atoms with Crippen molar-refractivity contribution in [2.75, 3.05) is 20.0 Å². The van der Waals surface area contributed by atoms with E-state index < -0.39 is 0 Å². The number of carbonyl (C=O) groups excluding carboxylic acids is 1. The van der Waals surface area contributed by atoms with Crippen molar-refractivity contribution >= 4 is 28.6 Å².